The van der Waals surface area contributed by atoms with Crippen LogP contribution >= 0.6 is 0 Å². The van der Waals surface area contributed by atoms with Gasteiger partial charge in [0, 0.05) is 49.9 Å². The van der Waals surface area contributed by atoms with Crippen LogP contribution in [0.15, 0.2) is 77.8 Å². The number of fused-ring (bicyclic) bond motifs is 1. The molecule has 1 amide bonds. The van der Waals surface area contributed by atoms with E-state index in [0.717, 1.165) is 44.0 Å². The molecule has 1 aromatic heterocycles. The van der Waals surface area contributed by atoms with Crippen LogP contribution in [0, 0.1) is 5.82 Å². The number of benzene rings is 3. The van der Waals surface area contributed by atoms with E-state index in [9.17, 15) is 14.3 Å². The van der Waals surface area contributed by atoms with E-state index >= 15 is 0 Å². The maximum absolute atomic E-state index is 13.8. The van der Waals surface area contributed by atoms with Gasteiger partial charge in [0.1, 0.15) is 5.82 Å². The second-order valence-corrected chi connectivity index (χ2v) is 9.54. The van der Waals surface area contributed by atoms with Gasteiger partial charge in [-0.1, -0.05) is 37.3 Å². The van der Waals surface area contributed by atoms with Gasteiger partial charge in [0.15, 0.2) is 5.88 Å². The summed E-state index contributed by atoms with van der Waals surface area (Å²) in [6.07, 6.45) is 0. The average molecular weight is 514 g/mol. The summed E-state index contributed by atoms with van der Waals surface area (Å²) < 4.78 is 13.8. The molecular formula is C30H32FN5O2. The highest BCUT2D eigenvalue weighted by atomic mass is 19.1. The molecule has 1 fully saturated rings. The Kier molecular flexibility index (Phi) is 7.53. The Morgan fingerprint density at radius 3 is 2.37 bits per heavy atom. The topological polar surface area (TPSA) is 75.2 Å². The molecule has 0 spiro atoms. The zero-order valence-electron chi connectivity index (χ0n) is 21.7. The van der Waals surface area contributed by atoms with E-state index in [0.29, 0.717) is 34.4 Å². The molecule has 3 aromatic carbocycles. The summed E-state index contributed by atoms with van der Waals surface area (Å²) in [7, 11) is 1.79. The summed E-state index contributed by atoms with van der Waals surface area (Å²) in [4.78, 5) is 27.0. The number of halogens is 1. The second-order valence-electron chi connectivity index (χ2n) is 9.54. The van der Waals surface area contributed by atoms with Gasteiger partial charge in [-0.25, -0.2) is 9.38 Å². The number of piperazine rings is 1. The predicted molar refractivity (Wildman–Crippen MR) is 150 cm³/mol. The van der Waals surface area contributed by atoms with Crippen LogP contribution in [0.4, 0.5) is 15.8 Å². The molecule has 0 radical (unpaired) electrons. The van der Waals surface area contributed by atoms with Crippen LogP contribution in [-0.4, -0.2) is 77.8 Å². The lowest BCUT2D eigenvalue weighted by atomic mass is 10.0. The van der Waals surface area contributed by atoms with Crippen molar-refractivity contribution in [1.29, 1.82) is 0 Å². The van der Waals surface area contributed by atoms with Crippen molar-refractivity contribution in [2.45, 2.75) is 6.92 Å². The smallest absolute Gasteiger partial charge is 0.240 e. The minimum Gasteiger partial charge on any atom is -0.494 e. The van der Waals surface area contributed by atoms with Crippen LogP contribution in [-0.2, 0) is 4.79 Å². The Morgan fingerprint density at radius 1 is 1.00 bits per heavy atom. The van der Waals surface area contributed by atoms with E-state index in [4.69, 9.17) is 4.99 Å². The lowest BCUT2D eigenvalue weighted by Gasteiger charge is -2.34. The number of nitrogens with zero attached hydrogens (tertiary/aromatic N) is 4. The van der Waals surface area contributed by atoms with Crippen molar-refractivity contribution < 1.29 is 14.3 Å². The van der Waals surface area contributed by atoms with Gasteiger partial charge in [0.05, 0.1) is 29.0 Å². The molecule has 7 nitrogen and oxygen atoms in total. The minimum absolute atomic E-state index is 0.0483. The summed E-state index contributed by atoms with van der Waals surface area (Å²) in [6.45, 7) is 7.38. The van der Waals surface area contributed by atoms with Crippen molar-refractivity contribution in [3.8, 4) is 5.88 Å². The molecule has 0 bridgehead atoms. The Labute approximate surface area is 221 Å². The molecule has 0 atom stereocenters. The molecule has 2 N–H and O–H groups in total. The van der Waals surface area contributed by atoms with Crippen molar-refractivity contribution in [2.75, 3.05) is 51.2 Å². The number of hydrogen-bond acceptors (Lipinski definition) is 5. The molecule has 4 aromatic rings. The van der Waals surface area contributed by atoms with E-state index in [1.807, 2.05) is 54.6 Å². The molecule has 1 aliphatic heterocycles. The lowest BCUT2D eigenvalue weighted by molar-refractivity contribution is -0.119. The summed E-state index contributed by atoms with van der Waals surface area (Å²) >= 11 is 0. The van der Waals surface area contributed by atoms with Crippen LogP contribution in [0.3, 0.4) is 0 Å². The first kappa shape index (κ1) is 25.6. The number of likely N-dealkylation sites (N-methyl/N-ethyl adjacent to an activating group) is 2. The van der Waals surface area contributed by atoms with Crippen molar-refractivity contribution >= 4 is 33.9 Å². The number of carbonyl (C=O) groups is 1. The molecule has 0 unspecified atom stereocenters. The maximum atomic E-state index is 13.8. The van der Waals surface area contributed by atoms with Gasteiger partial charge in [0.25, 0.3) is 0 Å². The summed E-state index contributed by atoms with van der Waals surface area (Å²) in [6, 6.07) is 21.4. The molecule has 1 saturated heterocycles. The summed E-state index contributed by atoms with van der Waals surface area (Å²) in [5.41, 5.74) is 3.82. The van der Waals surface area contributed by atoms with Crippen LogP contribution < -0.4 is 4.90 Å². The third-order valence-corrected chi connectivity index (χ3v) is 7.15. The zero-order valence-corrected chi connectivity index (χ0v) is 21.7. The lowest BCUT2D eigenvalue weighted by Crippen LogP contribution is -2.49. The Morgan fingerprint density at radius 2 is 1.68 bits per heavy atom. The van der Waals surface area contributed by atoms with Gasteiger partial charge in [-0.2, -0.15) is 0 Å². The monoisotopic (exact) mass is 513 g/mol. The number of rotatable bonds is 7. The number of aromatic nitrogens is 1. The number of amides is 1. The standard InChI is InChI=1S/C30H32FN5O2/c1-3-35-15-17-36(18-16-35)20-27(37)34(2)24-12-10-23(11-13-24)32-29(21-7-5-4-6-8-21)28-25-14-9-22(31)19-26(25)33-30(28)38/h4-14,19,33,38H,3,15-18,20H2,1-2H3. The van der Waals surface area contributed by atoms with Crippen molar-refractivity contribution in [1.82, 2.24) is 14.8 Å². The number of carbonyl (C=O) groups excluding carboxylic acids is 1. The highest BCUT2D eigenvalue weighted by Crippen LogP contribution is 2.32. The second kappa shape index (κ2) is 11.2. The fourth-order valence-corrected chi connectivity index (χ4v) is 4.84. The van der Waals surface area contributed by atoms with E-state index in [-0.39, 0.29) is 17.6 Å². The molecule has 196 valence electrons. The average Bonchev–Trinajstić information content (AvgIpc) is 3.26. The SMILES string of the molecule is CCN1CCN(CC(=O)N(C)c2ccc(N=C(c3ccccc3)c3c(O)[nH]c4cc(F)ccc34)cc2)CC1. The number of aromatic hydroxyl groups is 1. The van der Waals surface area contributed by atoms with Crippen LogP contribution in [0.1, 0.15) is 18.1 Å². The maximum Gasteiger partial charge on any atom is 0.240 e. The molecule has 5 rings (SSSR count). The Bertz CT molecular complexity index is 1440. The first-order valence-electron chi connectivity index (χ1n) is 12.9. The number of aromatic amines is 1. The normalized spacial score (nSPS) is 15.2. The quantitative estimate of drug-likeness (QED) is 0.349. The molecular weight excluding hydrogens is 481 g/mol. The molecule has 2 heterocycles. The van der Waals surface area contributed by atoms with Gasteiger partial charge in [0.2, 0.25) is 5.91 Å². The van der Waals surface area contributed by atoms with E-state index in [2.05, 4.69) is 21.7 Å². The third kappa shape index (κ3) is 5.46. The predicted octanol–water partition coefficient (Wildman–Crippen LogP) is 4.78. The largest absolute Gasteiger partial charge is 0.494 e. The minimum atomic E-state index is -0.388. The first-order valence-corrected chi connectivity index (χ1v) is 12.9. The van der Waals surface area contributed by atoms with Crippen LogP contribution in [0.25, 0.3) is 10.9 Å². The van der Waals surface area contributed by atoms with E-state index < -0.39 is 0 Å². The van der Waals surface area contributed by atoms with Gasteiger partial charge < -0.3 is 19.9 Å². The molecule has 1 aliphatic rings. The number of hydrogen-bond donors (Lipinski definition) is 2. The molecule has 0 aliphatic carbocycles. The molecule has 8 heteroatoms. The van der Waals surface area contributed by atoms with Gasteiger partial charge in [-0.05, 0) is 49.0 Å². The van der Waals surface area contributed by atoms with Gasteiger partial charge >= 0.3 is 0 Å². The number of H-pyrrole nitrogens is 1. The summed E-state index contributed by atoms with van der Waals surface area (Å²) in [5.74, 6) is -0.414. The van der Waals surface area contributed by atoms with Crippen molar-refractivity contribution in [3.63, 3.8) is 0 Å². The van der Waals surface area contributed by atoms with E-state index in [1.165, 1.54) is 12.1 Å². The Balaban J connectivity index is 1.40. The van der Waals surface area contributed by atoms with Crippen molar-refractivity contribution in [2.24, 2.45) is 4.99 Å². The number of anilines is 1. The highest BCUT2D eigenvalue weighted by Gasteiger charge is 2.21. The van der Waals surface area contributed by atoms with Crippen molar-refractivity contribution in [3.05, 3.63) is 89.7 Å². The zero-order chi connectivity index (χ0) is 26.6. The fraction of sp³-hybridized carbons (Fsp3) is 0.267. The van der Waals surface area contributed by atoms with E-state index in [1.54, 1.807) is 18.0 Å². The van der Waals surface area contributed by atoms with Gasteiger partial charge in [-0.3, -0.25) is 9.69 Å². The molecule has 0 saturated carbocycles. The summed E-state index contributed by atoms with van der Waals surface area (Å²) in [5, 5.41) is 11.4. The number of nitrogens with one attached hydrogen (secondary N) is 1. The Hall–Kier alpha value is -4.01. The van der Waals surface area contributed by atoms with Crippen LogP contribution in [0.2, 0.25) is 0 Å². The highest BCUT2D eigenvalue weighted by molar-refractivity contribution is 6.21. The fourth-order valence-electron chi connectivity index (χ4n) is 4.84. The first-order chi connectivity index (χ1) is 18.4. The molecule has 38 heavy (non-hydrogen) atoms. The third-order valence-electron chi connectivity index (χ3n) is 7.15. The van der Waals surface area contributed by atoms with Crippen LogP contribution in [0.5, 0.6) is 5.88 Å². The number of aliphatic imine (C=N–C) groups is 1. The van der Waals surface area contributed by atoms with Gasteiger partial charge in [-0.15, -0.1) is 0 Å².